The molecule has 0 unspecified atom stereocenters. The van der Waals surface area contributed by atoms with Crippen molar-refractivity contribution in [3.8, 4) is 17.2 Å². The number of rotatable bonds is 6. The molecule has 4 N–H and O–H groups in total. The van der Waals surface area contributed by atoms with Gasteiger partial charge in [0.25, 0.3) is 0 Å². The second-order valence-electron chi connectivity index (χ2n) is 4.91. The molecule has 122 valence electrons. The van der Waals surface area contributed by atoms with E-state index < -0.39 is 0 Å². The van der Waals surface area contributed by atoms with Crippen molar-refractivity contribution in [3.05, 3.63) is 53.6 Å². The van der Waals surface area contributed by atoms with Gasteiger partial charge in [-0.1, -0.05) is 18.2 Å². The number of guanidine groups is 1. The van der Waals surface area contributed by atoms with E-state index in [0.29, 0.717) is 30.5 Å². The molecule has 2 aromatic carbocycles. The highest BCUT2D eigenvalue weighted by Gasteiger charge is 2.04. The van der Waals surface area contributed by atoms with Crippen molar-refractivity contribution >= 4 is 5.96 Å². The van der Waals surface area contributed by atoms with Crippen LogP contribution in [0.2, 0.25) is 0 Å². The normalized spacial score (nSPS) is 11.1. The Hall–Kier alpha value is -2.89. The number of aromatic hydroxyl groups is 1. The third-order valence-electron chi connectivity index (χ3n) is 3.29. The fourth-order valence-electron chi connectivity index (χ4n) is 2.02. The standard InChI is InChI=1S/C17H21N3O3/c1-22-15-8-5-13(9-16(15)23-2)11-20-17(18)19-10-12-3-6-14(21)7-4-12/h3-9,21H,10-11H2,1-2H3,(H3,18,19,20). The molecule has 0 spiro atoms. The highest BCUT2D eigenvalue weighted by molar-refractivity contribution is 5.77. The highest BCUT2D eigenvalue weighted by atomic mass is 16.5. The van der Waals surface area contributed by atoms with Crippen molar-refractivity contribution in [2.45, 2.75) is 13.1 Å². The molecule has 0 saturated heterocycles. The number of phenolic OH excluding ortho intramolecular Hbond substituents is 1. The largest absolute Gasteiger partial charge is 0.508 e. The summed E-state index contributed by atoms with van der Waals surface area (Å²) in [6, 6.07) is 12.5. The first-order valence-corrected chi connectivity index (χ1v) is 7.15. The summed E-state index contributed by atoms with van der Waals surface area (Å²) in [6.07, 6.45) is 0. The Morgan fingerprint density at radius 2 is 1.70 bits per heavy atom. The van der Waals surface area contributed by atoms with Gasteiger partial charge < -0.3 is 25.6 Å². The number of aliphatic imine (C=N–C) groups is 1. The number of nitrogens with two attached hydrogens (primary N) is 1. The van der Waals surface area contributed by atoms with Gasteiger partial charge >= 0.3 is 0 Å². The summed E-state index contributed by atoms with van der Waals surface area (Å²) in [6.45, 7) is 0.982. The third-order valence-corrected chi connectivity index (χ3v) is 3.29. The first-order valence-electron chi connectivity index (χ1n) is 7.15. The molecule has 0 atom stereocenters. The van der Waals surface area contributed by atoms with Gasteiger partial charge in [0.2, 0.25) is 0 Å². The summed E-state index contributed by atoms with van der Waals surface area (Å²) in [7, 11) is 3.19. The van der Waals surface area contributed by atoms with E-state index in [1.165, 1.54) is 0 Å². The number of benzene rings is 2. The maximum absolute atomic E-state index is 9.24. The maximum Gasteiger partial charge on any atom is 0.189 e. The number of ether oxygens (including phenoxy) is 2. The number of nitrogens with zero attached hydrogens (tertiary/aromatic N) is 1. The number of phenols is 1. The molecule has 0 radical (unpaired) electrons. The average Bonchev–Trinajstić information content (AvgIpc) is 2.59. The number of methoxy groups -OCH3 is 2. The second-order valence-corrected chi connectivity index (χ2v) is 4.91. The molecular weight excluding hydrogens is 294 g/mol. The van der Waals surface area contributed by atoms with E-state index >= 15 is 0 Å². The number of hydrogen-bond donors (Lipinski definition) is 3. The van der Waals surface area contributed by atoms with Crippen LogP contribution in [0.4, 0.5) is 0 Å². The van der Waals surface area contributed by atoms with Gasteiger partial charge in [0.1, 0.15) is 5.75 Å². The Bertz CT molecular complexity index is 669. The van der Waals surface area contributed by atoms with E-state index in [2.05, 4.69) is 10.3 Å². The Morgan fingerprint density at radius 3 is 2.35 bits per heavy atom. The smallest absolute Gasteiger partial charge is 0.189 e. The Balaban J connectivity index is 1.92. The fraction of sp³-hybridized carbons (Fsp3) is 0.235. The van der Waals surface area contributed by atoms with E-state index in [0.717, 1.165) is 11.1 Å². The molecule has 0 fully saturated rings. The van der Waals surface area contributed by atoms with Gasteiger partial charge in [0.15, 0.2) is 17.5 Å². The van der Waals surface area contributed by atoms with Crippen LogP contribution in [0.1, 0.15) is 11.1 Å². The van der Waals surface area contributed by atoms with E-state index in [1.54, 1.807) is 26.4 Å². The minimum absolute atomic E-state index is 0.240. The summed E-state index contributed by atoms with van der Waals surface area (Å²) < 4.78 is 10.5. The molecular formula is C17H21N3O3. The quantitative estimate of drug-likeness (QED) is 0.560. The molecule has 0 aliphatic rings. The number of nitrogens with one attached hydrogen (secondary N) is 1. The molecule has 0 amide bonds. The molecule has 6 heteroatoms. The lowest BCUT2D eigenvalue weighted by Crippen LogP contribution is -2.31. The van der Waals surface area contributed by atoms with E-state index in [9.17, 15) is 5.11 Å². The Kier molecular flexibility index (Phi) is 5.68. The molecule has 0 saturated carbocycles. The summed E-state index contributed by atoms with van der Waals surface area (Å²) >= 11 is 0. The van der Waals surface area contributed by atoms with Gasteiger partial charge in [-0.15, -0.1) is 0 Å². The summed E-state index contributed by atoms with van der Waals surface area (Å²) in [5.41, 5.74) is 7.84. The predicted octanol–water partition coefficient (Wildman–Crippen LogP) is 2.01. The van der Waals surface area contributed by atoms with E-state index in [1.807, 2.05) is 30.3 Å². The minimum Gasteiger partial charge on any atom is -0.508 e. The van der Waals surface area contributed by atoms with Crippen molar-refractivity contribution in [2.75, 3.05) is 14.2 Å². The van der Waals surface area contributed by atoms with Crippen LogP contribution in [0.3, 0.4) is 0 Å². The fourth-order valence-corrected chi connectivity index (χ4v) is 2.02. The first kappa shape index (κ1) is 16.5. The molecule has 2 aromatic rings. The van der Waals surface area contributed by atoms with E-state index in [4.69, 9.17) is 15.2 Å². The molecule has 0 aliphatic carbocycles. The summed E-state index contributed by atoms with van der Waals surface area (Å²) in [4.78, 5) is 4.30. The van der Waals surface area contributed by atoms with Gasteiger partial charge in [0.05, 0.1) is 20.8 Å². The highest BCUT2D eigenvalue weighted by Crippen LogP contribution is 2.27. The lowest BCUT2D eigenvalue weighted by molar-refractivity contribution is 0.354. The molecule has 0 bridgehead atoms. The minimum atomic E-state index is 0.240. The van der Waals surface area contributed by atoms with Crippen LogP contribution < -0.4 is 20.5 Å². The maximum atomic E-state index is 9.24. The lowest BCUT2D eigenvalue weighted by Gasteiger charge is -2.09. The monoisotopic (exact) mass is 315 g/mol. The third kappa shape index (κ3) is 4.81. The van der Waals surface area contributed by atoms with Crippen molar-refractivity contribution in [2.24, 2.45) is 10.7 Å². The Morgan fingerprint density at radius 1 is 1.04 bits per heavy atom. The molecule has 23 heavy (non-hydrogen) atoms. The SMILES string of the molecule is COc1ccc(CN=C(N)NCc2ccc(O)cc2)cc1OC. The zero-order valence-electron chi connectivity index (χ0n) is 13.2. The van der Waals surface area contributed by atoms with Crippen molar-refractivity contribution < 1.29 is 14.6 Å². The molecule has 0 aromatic heterocycles. The second kappa shape index (κ2) is 7.93. The summed E-state index contributed by atoms with van der Waals surface area (Å²) in [5.74, 6) is 1.94. The average molecular weight is 315 g/mol. The van der Waals surface area contributed by atoms with Gasteiger partial charge in [0, 0.05) is 6.54 Å². The van der Waals surface area contributed by atoms with Crippen LogP contribution in [0.25, 0.3) is 0 Å². The molecule has 6 nitrogen and oxygen atoms in total. The van der Waals surface area contributed by atoms with Crippen molar-refractivity contribution in [1.82, 2.24) is 5.32 Å². The zero-order chi connectivity index (χ0) is 16.7. The van der Waals surface area contributed by atoms with Gasteiger partial charge in [-0.25, -0.2) is 4.99 Å². The van der Waals surface area contributed by atoms with Crippen molar-refractivity contribution in [3.63, 3.8) is 0 Å². The number of hydrogen-bond acceptors (Lipinski definition) is 4. The predicted molar refractivity (Wildman–Crippen MR) is 89.8 cm³/mol. The van der Waals surface area contributed by atoms with E-state index in [-0.39, 0.29) is 5.75 Å². The lowest BCUT2D eigenvalue weighted by atomic mass is 10.2. The molecule has 2 rings (SSSR count). The first-order chi connectivity index (χ1) is 11.1. The van der Waals surface area contributed by atoms with Crippen LogP contribution in [-0.4, -0.2) is 25.3 Å². The summed E-state index contributed by atoms with van der Waals surface area (Å²) in [5, 5.41) is 12.3. The zero-order valence-corrected chi connectivity index (χ0v) is 13.2. The van der Waals surface area contributed by atoms with Crippen LogP contribution in [0, 0.1) is 0 Å². The van der Waals surface area contributed by atoms with Gasteiger partial charge in [-0.05, 0) is 35.4 Å². The van der Waals surface area contributed by atoms with Crippen LogP contribution in [0.15, 0.2) is 47.5 Å². The topological polar surface area (TPSA) is 89.1 Å². The van der Waals surface area contributed by atoms with Gasteiger partial charge in [-0.2, -0.15) is 0 Å². The Labute approximate surface area is 135 Å². The molecule has 0 aliphatic heterocycles. The van der Waals surface area contributed by atoms with Gasteiger partial charge in [-0.3, -0.25) is 0 Å². The molecule has 0 heterocycles. The van der Waals surface area contributed by atoms with Crippen LogP contribution >= 0.6 is 0 Å². The van der Waals surface area contributed by atoms with Crippen LogP contribution in [0.5, 0.6) is 17.2 Å². The van der Waals surface area contributed by atoms with Crippen LogP contribution in [-0.2, 0) is 13.1 Å². The van der Waals surface area contributed by atoms with Crippen molar-refractivity contribution in [1.29, 1.82) is 0 Å².